The molecule has 0 atom stereocenters. The van der Waals surface area contributed by atoms with E-state index in [2.05, 4.69) is 5.32 Å². The highest BCUT2D eigenvalue weighted by atomic mass is 32.2. The summed E-state index contributed by atoms with van der Waals surface area (Å²) < 4.78 is 29.1. The maximum Gasteiger partial charge on any atom is 0.311 e. The summed E-state index contributed by atoms with van der Waals surface area (Å²) in [5, 5.41) is 11.5. The Bertz CT molecular complexity index is 513. The number of aliphatic carboxylic acids is 1. The highest BCUT2D eigenvalue weighted by molar-refractivity contribution is 7.98. The molecule has 0 spiro atoms. The van der Waals surface area contributed by atoms with Gasteiger partial charge in [-0.25, -0.2) is 0 Å². The van der Waals surface area contributed by atoms with E-state index >= 15 is 0 Å². The fraction of sp³-hybridized carbons (Fsp3) is 0.500. The number of halogens is 2. The van der Waals surface area contributed by atoms with Gasteiger partial charge in [-0.1, -0.05) is 11.8 Å². The molecule has 0 saturated heterocycles. The zero-order valence-electron chi connectivity index (χ0n) is 10.4. The quantitative estimate of drug-likeness (QED) is 0.808. The van der Waals surface area contributed by atoms with Gasteiger partial charge in [0, 0.05) is 6.54 Å². The fourth-order valence-corrected chi connectivity index (χ4v) is 2.12. The Hall–Kier alpha value is -1.57. The Morgan fingerprint density at radius 3 is 2.70 bits per heavy atom. The number of carbonyl (C=O) groups is 2. The van der Waals surface area contributed by atoms with Crippen LogP contribution < -0.4 is 5.32 Å². The molecule has 8 heteroatoms. The van der Waals surface area contributed by atoms with E-state index < -0.39 is 23.0 Å². The molecule has 0 radical (unpaired) electrons. The monoisotopic (exact) mass is 305 g/mol. The minimum Gasteiger partial charge on any atom is -0.481 e. The van der Waals surface area contributed by atoms with E-state index in [1.54, 1.807) is 0 Å². The largest absolute Gasteiger partial charge is 0.481 e. The van der Waals surface area contributed by atoms with Crippen LogP contribution in [0.15, 0.2) is 16.5 Å². The van der Waals surface area contributed by atoms with Crippen molar-refractivity contribution < 1.29 is 27.9 Å². The lowest BCUT2D eigenvalue weighted by Gasteiger charge is -2.09. The first kappa shape index (κ1) is 14.8. The summed E-state index contributed by atoms with van der Waals surface area (Å²) in [6, 6.07) is 2.84. The first-order valence-electron chi connectivity index (χ1n) is 5.93. The lowest BCUT2D eigenvalue weighted by atomic mass is 10.1. The van der Waals surface area contributed by atoms with Gasteiger partial charge in [-0.3, -0.25) is 9.59 Å². The third-order valence-electron chi connectivity index (χ3n) is 3.13. The van der Waals surface area contributed by atoms with Crippen LogP contribution in [0.4, 0.5) is 8.78 Å². The van der Waals surface area contributed by atoms with Crippen LogP contribution in [-0.4, -0.2) is 29.3 Å². The van der Waals surface area contributed by atoms with Crippen molar-refractivity contribution >= 4 is 23.6 Å². The van der Waals surface area contributed by atoms with Gasteiger partial charge in [0.1, 0.15) is 5.76 Å². The van der Waals surface area contributed by atoms with Gasteiger partial charge in [0.25, 0.3) is 11.7 Å². The minimum atomic E-state index is -2.50. The molecular weight excluding hydrogens is 292 g/mol. The zero-order valence-corrected chi connectivity index (χ0v) is 11.2. The molecule has 2 rings (SSSR count). The molecule has 1 aromatic heterocycles. The summed E-state index contributed by atoms with van der Waals surface area (Å²) in [4.78, 5) is 22.7. The fourth-order valence-electron chi connectivity index (χ4n) is 1.68. The van der Waals surface area contributed by atoms with Gasteiger partial charge in [-0.2, -0.15) is 8.78 Å². The van der Waals surface area contributed by atoms with Crippen LogP contribution in [0.1, 0.15) is 29.2 Å². The number of carboxylic acids is 1. The number of hydrogen-bond donors (Lipinski definition) is 2. The van der Waals surface area contributed by atoms with Crippen molar-refractivity contribution in [2.45, 2.75) is 24.4 Å². The number of furan rings is 1. The molecule has 2 N–H and O–H groups in total. The van der Waals surface area contributed by atoms with Crippen molar-refractivity contribution in [3.63, 3.8) is 0 Å². The lowest BCUT2D eigenvalue weighted by Crippen LogP contribution is -2.34. The predicted molar refractivity (Wildman–Crippen MR) is 67.6 cm³/mol. The van der Waals surface area contributed by atoms with Crippen LogP contribution in [0.5, 0.6) is 0 Å². The lowest BCUT2D eigenvalue weighted by molar-refractivity contribution is -0.143. The van der Waals surface area contributed by atoms with Gasteiger partial charge in [-0.05, 0) is 25.0 Å². The second-order valence-corrected chi connectivity index (χ2v) is 5.58. The summed E-state index contributed by atoms with van der Waals surface area (Å²) in [5.41, 5.74) is -0.851. The topological polar surface area (TPSA) is 79.5 Å². The zero-order chi connectivity index (χ0) is 14.8. The molecule has 1 heterocycles. The van der Waals surface area contributed by atoms with Crippen molar-refractivity contribution in [1.82, 2.24) is 5.32 Å². The van der Waals surface area contributed by atoms with E-state index in [0.29, 0.717) is 24.6 Å². The van der Waals surface area contributed by atoms with Crippen molar-refractivity contribution in [3.8, 4) is 0 Å². The molecule has 1 fully saturated rings. The second kappa shape index (κ2) is 5.82. The molecule has 5 nitrogen and oxygen atoms in total. The van der Waals surface area contributed by atoms with E-state index in [1.165, 1.54) is 12.1 Å². The predicted octanol–water partition coefficient (Wildman–Crippen LogP) is 2.33. The third-order valence-corrected chi connectivity index (χ3v) is 3.83. The molecule has 20 heavy (non-hydrogen) atoms. The molecule has 1 aromatic rings. The Labute approximate surface area is 117 Å². The minimum absolute atomic E-state index is 0.00365. The number of alkyl halides is 2. The van der Waals surface area contributed by atoms with E-state index in [1.807, 2.05) is 0 Å². The molecule has 1 amide bonds. The van der Waals surface area contributed by atoms with Crippen LogP contribution in [0.3, 0.4) is 0 Å². The van der Waals surface area contributed by atoms with E-state index in [0.717, 1.165) is 0 Å². The van der Waals surface area contributed by atoms with Crippen molar-refractivity contribution in [3.05, 3.63) is 23.7 Å². The maximum atomic E-state index is 12.0. The molecule has 0 bridgehead atoms. The van der Waals surface area contributed by atoms with Crippen LogP contribution in [0.2, 0.25) is 0 Å². The summed E-state index contributed by atoms with van der Waals surface area (Å²) in [5.74, 6) is -3.71. The molecule has 1 aliphatic carbocycles. The second-order valence-electron chi connectivity index (χ2n) is 4.61. The van der Waals surface area contributed by atoms with Crippen molar-refractivity contribution in [1.29, 1.82) is 0 Å². The van der Waals surface area contributed by atoms with Gasteiger partial charge in [0.05, 0.1) is 11.2 Å². The van der Waals surface area contributed by atoms with Crippen molar-refractivity contribution in [2.24, 2.45) is 5.41 Å². The van der Waals surface area contributed by atoms with Gasteiger partial charge >= 0.3 is 5.97 Å². The number of carbonyl (C=O) groups excluding carboxylic acids is 1. The summed E-state index contributed by atoms with van der Waals surface area (Å²) in [7, 11) is 0. The van der Waals surface area contributed by atoms with E-state index in [4.69, 9.17) is 9.52 Å². The summed E-state index contributed by atoms with van der Waals surface area (Å²) >= 11 is 0.404. The molecule has 0 aromatic carbocycles. The molecule has 1 saturated carbocycles. The summed E-state index contributed by atoms with van der Waals surface area (Å²) in [6.07, 6.45) is 1.08. The van der Waals surface area contributed by atoms with Crippen molar-refractivity contribution in [2.75, 3.05) is 6.54 Å². The first-order chi connectivity index (χ1) is 9.43. The van der Waals surface area contributed by atoms with E-state index in [-0.39, 0.29) is 23.8 Å². The normalized spacial score (nSPS) is 16.1. The number of carboxylic acid groups (broad SMARTS) is 1. The molecule has 0 unspecified atom stereocenters. The Morgan fingerprint density at radius 1 is 1.45 bits per heavy atom. The standard InChI is InChI=1S/C12H13F2NO4S/c13-11(14)20-5-7-1-2-8(19-7)9(16)15-6-12(3-4-12)10(17)18/h1-2,11H,3-6H2,(H,15,16)(H,17,18). The van der Waals surface area contributed by atoms with Crippen LogP contribution in [0.25, 0.3) is 0 Å². The van der Waals surface area contributed by atoms with Crippen LogP contribution in [-0.2, 0) is 10.5 Å². The van der Waals surface area contributed by atoms with Gasteiger partial charge in [0.2, 0.25) is 0 Å². The van der Waals surface area contributed by atoms with Gasteiger partial charge in [-0.15, -0.1) is 0 Å². The average molecular weight is 305 g/mol. The molecule has 110 valence electrons. The maximum absolute atomic E-state index is 12.0. The number of rotatable bonds is 7. The highest BCUT2D eigenvalue weighted by Crippen LogP contribution is 2.45. The highest BCUT2D eigenvalue weighted by Gasteiger charge is 2.50. The number of amides is 1. The van der Waals surface area contributed by atoms with Gasteiger partial charge in [0.15, 0.2) is 5.76 Å². The Kier molecular flexibility index (Phi) is 4.32. The summed E-state index contributed by atoms with van der Waals surface area (Å²) in [6.45, 7) is 0.0446. The van der Waals surface area contributed by atoms with Crippen LogP contribution >= 0.6 is 11.8 Å². The number of thioether (sulfide) groups is 1. The third kappa shape index (κ3) is 3.50. The Balaban J connectivity index is 1.85. The first-order valence-corrected chi connectivity index (χ1v) is 6.98. The molecule has 1 aliphatic rings. The van der Waals surface area contributed by atoms with Crippen LogP contribution in [0, 0.1) is 5.41 Å². The smallest absolute Gasteiger partial charge is 0.311 e. The van der Waals surface area contributed by atoms with Gasteiger partial charge < -0.3 is 14.8 Å². The Morgan fingerprint density at radius 2 is 2.15 bits per heavy atom. The molecular formula is C12H13F2NO4S. The average Bonchev–Trinajstić information content (AvgIpc) is 3.04. The SMILES string of the molecule is O=C(NCC1(C(=O)O)CC1)c1ccc(CSC(F)F)o1. The number of hydrogen-bond acceptors (Lipinski definition) is 4. The van der Waals surface area contributed by atoms with E-state index in [9.17, 15) is 18.4 Å². The number of nitrogens with one attached hydrogen (secondary N) is 1. The molecule has 0 aliphatic heterocycles.